The fourth-order valence-electron chi connectivity index (χ4n) is 2.74. The lowest BCUT2D eigenvalue weighted by Crippen LogP contribution is -2.71. The number of hydrogen-bond donors (Lipinski definition) is 0. The highest BCUT2D eigenvalue weighted by molar-refractivity contribution is 5.01. The highest BCUT2D eigenvalue weighted by atomic mass is 16.7. The molecule has 2 heterocycles. The second kappa shape index (κ2) is 6.87. The quantitative estimate of drug-likeness (QED) is 0.521. The van der Waals surface area contributed by atoms with E-state index in [-0.39, 0.29) is 0 Å². The molecule has 24 heavy (non-hydrogen) atoms. The summed E-state index contributed by atoms with van der Waals surface area (Å²) in [5, 5.41) is 23.5. The summed E-state index contributed by atoms with van der Waals surface area (Å²) >= 11 is 0. The molecule has 0 amide bonds. The fraction of sp³-hybridized carbons (Fsp3) is 1.00. The number of rotatable bonds is 6. The van der Waals surface area contributed by atoms with Gasteiger partial charge in [-0.1, -0.05) is 0 Å². The fourth-order valence-corrected chi connectivity index (χ4v) is 2.74. The maximum absolute atomic E-state index is 11.7. The van der Waals surface area contributed by atoms with Crippen LogP contribution in [0.3, 0.4) is 0 Å². The standard InChI is InChI=1S/C14H24N2O8/c1-12(2)23-9-14(10-24-12,16(19)20)13(3,15(17)18)8-22-11-6-4-5-7-21-11/h11H,4-10H2,1-3H3. The van der Waals surface area contributed by atoms with Crippen molar-refractivity contribution in [2.75, 3.05) is 26.4 Å². The normalized spacial score (nSPS) is 28.7. The monoisotopic (exact) mass is 348 g/mol. The van der Waals surface area contributed by atoms with Crippen LogP contribution in [0.15, 0.2) is 0 Å². The summed E-state index contributed by atoms with van der Waals surface area (Å²) < 4.78 is 21.7. The van der Waals surface area contributed by atoms with Crippen LogP contribution in [0.5, 0.6) is 0 Å². The molecule has 2 aliphatic heterocycles. The van der Waals surface area contributed by atoms with E-state index in [4.69, 9.17) is 18.9 Å². The van der Waals surface area contributed by atoms with Crippen LogP contribution >= 0.6 is 0 Å². The Labute approximate surface area is 139 Å². The van der Waals surface area contributed by atoms with E-state index in [1.807, 2.05) is 0 Å². The van der Waals surface area contributed by atoms with E-state index in [1.54, 1.807) is 13.8 Å². The Morgan fingerprint density at radius 3 is 2.29 bits per heavy atom. The molecule has 2 aliphatic rings. The lowest BCUT2D eigenvalue weighted by molar-refractivity contribution is -0.699. The van der Waals surface area contributed by atoms with Gasteiger partial charge < -0.3 is 18.9 Å². The van der Waals surface area contributed by atoms with Crippen molar-refractivity contribution in [2.24, 2.45) is 0 Å². The maximum atomic E-state index is 11.7. The van der Waals surface area contributed by atoms with Gasteiger partial charge in [0.25, 0.3) is 0 Å². The largest absolute Gasteiger partial charge is 0.353 e. The van der Waals surface area contributed by atoms with Crippen LogP contribution in [0.25, 0.3) is 0 Å². The summed E-state index contributed by atoms with van der Waals surface area (Å²) in [6.45, 7) is 3.60. The molecule has 10 heteroatoms. The Morgan fingerprint density at radius 1 is 1.21 bits per heavy atom. The van der Waals surface area contributed by atoms with Crippen molar-refractivity contribution in [3.05, 3.63) is 20.2 Å². The van der Waals surface area contributed by atoms with Crippen molar-refractivity contribution in [3.8, 4) is 0 Å². The van der Waals surface area contributed by atoms with Crippen LogP contribution in [-0.2, 0) is 18.9 Å². The Balaban J connectivity index is 2.21. The van der Waals surface area contributed by atoms with Gasteiger partial charge in [-0.2, -0.15) is 0 Å². The summed E-state index contributed by atoms with van der Waals surface area (Å²) in [4.78, 5) is 22.1. The van der Waals surface area contributed by atoms with Crippen molar-refractivity contribution < 1.29 is 28.8 Å². The van der Waals surface area contributed by atoms with Crippen molar-refractivity contribution in [3.63, 3.8) is 0 Å². The molecule has 0 aliphatic carbocycles. The zero-order chi connectivity index (χ0) is 18.0. The van der Waals surface area contributed by atoms with Gasteiger partial charge in [0.2, 0.25) is 0 Å². The zero-order valence-corrected chi connectivity index (χ0v) is 14.2. The maximum Gasteiger partial charge on any atom is 0.338 e. The molecule has 0 saturated carbocycles. The Kier molecular flexibility index (Phi) is 5.43. The average Bonchev–Trinajstić information content (AvgIpc) is 2.53. The molecular weight excluding hydrogens is 324 g/mol. The Bertz CT molecular complexity index is 481. The third kappa shape index (κ3) is 3.51. The first kappa shape index (κ1) is 19.0. The number of ether oxygens (including phenoxy) is 4. The predicted molar refractivity (Wildman–Crippen MR) is 80.7 cm³/mol. The molecule has 0 bridgehead atoms. The smallest absolute Gasteiger partial charge is 0.338 e. The number of nitro groups is 2. The van der Waals surface area contributed by atoms with Crippen LogP contribution in [0, 0.1) is 20.2 Å². The first-order chi connectivity index (χ1) is 11.1. The molecule has 0 aromatic carbocycles. The Hall–Kier alpha value is -1.36. The molecule has 2 rings (SSSR count). The molecule has 2 atom stereocenters. The van der Waals surface area contributed by atoms with Crippen LogP contribution in [-0.4, -0.2) is 59.4 Å². The van der Waals surface area contributed by atoms with Crippen LogP contribution < -0.4 is 0 Å². The van der Waals surface area contributed by atoms with Gasteiger partial charge in [0.15, 0.2) is 12.1 Å². The van der Waals surface area contributed by atoms with Gasteiger partial charge in [0.05, 0.1) is 0 Å². The highest BCUT2D eigenvalue weighted by Crippen LogP contribution is 2.36. The topological polar surface area (TPSA) is 123 Å². The van der Waals surface area contributed by atoms with Gasteiger partial charge in [-0.3, -0.25) is 20.2 Å². The summed E-state index contributed by atoms with van der Waals surface area (Å²) in [7, 11) is 0. The molecule has 138 valence electrons. The third-order valence-corrected chi connectivity index (χ3v) is 4.76. The van der Waals surface area contributed by atoms with Crippen LogP contribution in [0.4, 0.5) is 0 Å². The molecule has 0 aromatic heterocycles. The van der Waals surface area contributed by atoms with E-state index in [9.17, 15) is 20.2 Å². The van der Waals surface area contributed by atoms with E-state index >= 15 is 0 Å². The second-order valence-corrected chi connectivity index (χ2v) is 6.90. The minimum absolute atomic E-state index is 0.431. The average molecular weight is 348 g/mol. The molecule has 0 radical (unpaired) electrons. The molecule has 10 nitrogen and oxygen atoms in total. The minimum atomic E-state index is -2.04. The van der Waals surface area contributed by atoms with Crippen LogP contribution in [0.2, 0.25) is 0 Å². The molecule has 2 saturated heterocycles. The van der Waals surface area contributed by atoms with Crippen molar-refractivity contribution in [1.82, 2.24) is 0 Å². The lowest BCUT2D eigenvalue weighted by atomic mass is 9.79. The van der Waals surface area contributed by atoms with Crippen molar-refractivity contribution in [2.45, 2.75) is 63.2 Å². The molecule has 2 fully saturated rings. The van der Waals surface area contributed by atoms with Gasteiger partial charge in [-0.05, 0) is 33.1 Å². The lowest BCUT2D eigenvalue weighted by Gasteiger charge is -2.42. The zero-order valence-electron chi connectivity index (χ0n) is 14.2. The van der Waals surface area contributed by atoms with E-state index in [2.05, 4.69) is 0 Å². The summed E-state index contributed by atoms with van der Waals surface area (Å²) in [6.07, 6.45) is 1.82. The number of nitrogens with zero attached hydrogens (tertiary/aromatic N) is 2. The van der Waals surface area contributed by atoms with E-state index in [1.165, 1.54) is 6.92 Å². The predicted octanol–water partition coefficient (Wildman–Crippen LogP) is 1.36. The van der Waals surface area contributed by atoms with Crippen molar-refractivity contribution in [1.29, 1.82) is 0 Å². The highest BCUT2D eigenvalue weighted by Gasteiger charge is 2.71. The summed E-state index contributed by atoms with van der Waals surface area (Å²) in [6, 6.07) is 0. The van der Waals surface area contributed by atoms with Crippen molar-refractivity contribution >= 4 is 0 Å². The van der Waals surface area contributed by atoms with E-state index in [0.29, 0.717) is 13.0 Å². The first-order valence-electron chi connectivity index (χ1n) is 7.93. The third-order valence-electron chi connectivity index (χ3n) is 4.76. The Morgan fingerprint density at radius 2 is 1.83 bits per heavy atom. The van der Waals surface area contributed by atoms with Gasteiger partial charge in [-0.25, -0.2) is 0 Å². The second-order valence-electron chi connectivity index (χ2n) is 6.90. The van der Waals surface area contributed by atoms with E-state index < -0.39 is 52.8 Å². The van der Waals surface area contributed by atoms with Gasteiger partial charge in [-0.15, -0.1) is 0 Å². The number of hydrogen-bond acceptors (Lipinski definition) is 8. The van der Waals surface area contributed by atoms with Gasteiger partial charge in [0, 0.05) is 23.4 Å². The summed E-state index contributed by atoms with van der Waals surface area (Å²) in [5.74, 6) is -1.02. The van der Waals surface area contributed by atoms with Crippen LogP contribution in [0.1, 0.15) is 40.0 Å². The molecule has 2 unspecified atom stereocenters. The minimum Gasteiger partial charge on any atom is -0.353 e. The molecule has 0 aromatic rings. The molecular formula is C14H24N2O8. The molecule has 0 spiro atoms. The van der Waals surface area contributed by atoms with E-state index in [0.717, 1.165) is 12.8 Å². The molecule has 0 N–H and O–H groups in total. The van der Waals surface area contributed by atoms with Gasteiger partial charge in [0.1, 0.15) is 19.8 Å². The summed E-state index contributed by atoms with van der Waals surface area (Å²) in [5.41, 5.74) is -4.06. The first-order valence-corrected chi connectivity index (χ1v) is 7.93. The van der Waals surface area contributed by atoms with Gasteiger partial charge >= 0.3 is 11.1 Å². The SMILES string of the molecule is CC1(C)OCC([N+](=O)[O-])(C(C)(COC2CCCCO2)[N+](=O)[O-])CO1.